The minimum atomic E-state index is -0.741. The molecule has 0 atom stereocenters. The molecule has 0 radical (unpaired) electrons. The average Bonchev–Trinajstić information content (AvgIpc) is 2.69. The Hall–Kier alpha value is -2.99. The van der Waals surface area contributed by atoms with Crippen molar-refractivity contribution in [1.82, 2.24) is 0 Å². The van der Waals surface area contributed by atoms with E-state index < -0.39 is 23.2 Å². The highest BCUT2D eigenvalue weighted by Gasteiger charge is 2.25. The molecule has 0 unspecified atom stereocenters. The van der Waals surface area contributed by atoms with E-state index in [-0.39, 0.29) is 17.9 Å². The van der Waals surface area contributed by atoms with Gasteiger partial charge in [0.1, 0.15) is 5.75 Å². The number of rotatable bonds is 8. The summed E-state index contributed by atoms with van der Waals surface area (Å²) in [6, 6.07) is 9.55. The molecule has 2 aromatic carbocycles. The second kappa shape index (κ2) is 10.4. The van der Waals surface area contributed by atoms with Gasteiger partial charge < -0.3 is 14.2 Å². The van der Waals surface area contributed by atoms with Crippen molar-refractivity contribution in [2.24, 2.45) is 5.41 Å². The summed E-state index contributed by atoms with van der Waals surface area (Å²) in [5, 5.41) is 0. The molecule has 0 saturated carbocycles. The lowest BCUT2D eigenvalue weighted by Gasteiger charge is -2.17. The van der Waals surface area contributed by atoms with Crippen LogP contribution in [0.4, 0.5) is 4.39 Å². The molecule has 0 aliphatic heterocycles. The van der Waals surface area contributed by atoms with Crippen LogP contribution in [0.1, 0.15) is 46.6 Å². The Labute approximate surface area is 182 Å². The van der Waals surface area contributed by atoms with Crippen molar-refractivity contribution < 1.29 is 28.2 Å². The van der Waals surface area contributed by atoms with Crippen LogP contribution >= 0.6 is 0 Å². The molecule has 0 saturated heterocycles. The van der Waals surface area contributed by atoms with E-state index in [4.69, 9.17) is 14.2 Å². The van der Waals surface area contributed by atoms with Gasteiger partial charge in [0.05, 0.1) is 12.0 Å². The topological polar surface area (TPSA) is 61.8 Å². The summed E-state index contributed by atoms with van der Waals surface area (Å²) in [5.74, 6) is -1.44. The predicted molar refractivity (Wildman–Crippen MR) is 117 cm³/mol. The van der Waals surface area contributed by atoms with Crippen LogP contribution in [-0.4, -0.2) is 18.5 Å². The molecule has 31 heavy (non-hydrogen) atoms. The van der Waals surface area contributed by atoms with Crippen molar-refractivity contribution in [3.63, 3.8) is 0 Å². The molecule has 0 aliphatic rings. The summed E-state index contributed by atoms with van der Waals surface area (Å²) in [6.45, 7) is 13.1. The second-order valence-corrected chi connectivity index (χ2v) is 8.33. The minimum absolute atomic E-state index is 0.123. The number of carbonyl (C=O) groups is 2. The number of benzene rings is 2. The van der Waals surface area contributed by atoms with Gasteiger partial charge in [0.15, 0.2) is 11.6 Å². The molecule has 166 valence electrons. The van der Waals surface area contributed by atoms with Crippen LogP contribution < -0.4 is 9.47 Å². The maximum absolute atomic E-state index is 14.6. The van der Waals surface area contributed by atoms with Crippen LogP contribution in [0, 0.1) is 11.2 Å². The number of carbonyl (C=O) groups excluding carboxylic acids is 2. The molecule has 0 fully saturated rings. The molecule has 6 heteroatoms. The van der Waals surface area contributed by atoms with Gasteiger partial charge >= 0.3 is 11.9 Å². The zero-order chi connectivity index (χ0) is 23.2. The first-order chi connectivity index (χ1) is 14.5. The third-order valence-corrected chi connectivity index (χ3v) is 4.30. The van der Waals surface area contributed by atoms with Crippen LogP contribution in [0.2, 0.25) is 0 Å². The zero-order valence-electron chi connectivity index (χ0n) is 18.7. The molecular formula is C25H29FO5. The van der Waals surface area contributed by atoms with Gasteiger partial charge in [-0.1, -0.05) is 25.6 Å². The Balaban J connectivity index is 2.33. The fourth-order valence-electron chi connectivity index (χ4n) is 2.50. The van der Waals surface area contributed by atoms with E-state index in [1.54, 1.807) is 52.0 Å². The maximum Gasteiger partial charge on any atom is 0.338 e. The standard InChI is InChI=1S/C25H29FO5/c1-7-12-29-15-19-13-17(8-10-21(19)30-23(27)16(2)3)18-9-11-22(20(26)14-18)31-24(28)25(4,5)6/h8-11,13-14H,2,7,12,15H2,1,3-6H3. The van der Waals surface area contributed by atoms with E-state index in [9.17, 15) is 14.0 Å². The van der Waals surface area contributed by atoms with Crippen molar-refractivity contribution in [3.8, 4) is 22.6 Å². The smallest absolute Gasteiger partial charge is 0.338 e. The van der Waals surface area contributed by atoms with Gasteiger partial charge in [-0.3, -0.25) is 4.79 Å². The normalized spacial score (nSPS) is 11.2. The molecule has 0 aromatic heterocycles. The molecule has 0 N–H and O–H groups in total. The van der Waals surface area contributed by atoms with Gasteiger partial charge in [0.25, 0.3) is 0 Å². The Morgan fingerprint density at radius 2 is 1.61 bits per heavy atom. The summed E-state index contributed by atoms with van der Waals surface area (Å²) < 4.78 is 30.8. The van der Waals surface area contributed by atoms with Crippen molar-refractivity contribution in [2.75, 3.05) is 6.61 Å². The third-order valence-electron chi connectivity index (χ3n) is 4.30. The number of hydrogen-bond acceptors (Lipinski definition) is 5. The monoisotopic (exact) mass is 428 g/mol. The number of esters is 2. The molecule has 2 aromatic rings. The van der Waals surface area contributed by atoms with E-state index in [1.807, 2.05) is 6.92 Å². The fraction of sp³-hybridized carbons (Fsp3) is 0.360. The SMILES string of the molecule is C=C(C)C(=O)Oc1ccc(-c2ccc(OC(=O)C(C)(C)C)c(F)c2)cc1COCCC. The van der Waals surface area contributed by atoms with Crippen LogP contribution in [0.5, 0.6) is 11.5 Å². The Morgan fingerprint density at radius 1 is 1.00 bits per heavy atom. The summed E-state index contributed by atoms with van der Waals surface area (Å²) in [4.78, 5) is 24.0. The Kier molecular flexibility index (Phi) is 8.11. The number of ether oxygens (including phenoxy) is 3. The molecule has 0 amide bonds. The van der Waals surface area contributed by atoms with Crippen LogP contribution in [0.3, 0.4) is 0 Å². The van der Waals surface area contributed by atoms with Crippen LogP contribution in [0.15, 0.2) is 48.6 Å². The quantitative estimate of drug-likeness (QED) is 0.228. The molecule has 0 heterocycles. The van der Waals surface area contributed by atoms with E-state index >= 15 is 0 Å². The minimum Gasteiger partial charge on any atom is -0.423 e. The van der Waals surface area contributed by atoms with Crippen molar-refractivity contribution in [2.45, 2.75) is 47.6 Å². The van der Waals surface area contributed by atoms with Crippen molar-refractivity contribution in [3.05, 3.63) is 59.9 Å². The van der Waals surface area contributed by atoms with Gasteiger partial charge in [-0.05, 0) is 69.5 Å². The highest BCUT2D eigenvalue weighted by Crippen LogP contribution is 2.31. The maximum atomic E-state index is 14.6. The fourth-order valence-corrected chi connectivity index (χ4v) is 2.50. The Bertz CT molecular complexity index is 972. The summed E-state index contributed by atoms with van der Waals surface area (Å²) >= 11 is 0. The van der Waals surface area contributed by atoms with E-state index in [0.717, 1.165) is 6.42 Å². The highest BCUT2D eigenvalue weighted by atomic mass is 19.1. The van der Waals surface area contributed by atoms with E-state index in [1.165, 1.54) is 12.1 Å². The van der Waals surface area contributed by atoms with Gasteiger partial charge in [-0.15, -0.1) is 0 Å². The lowest BCUT2D eigenvalue weighted by molar-refractivity contribution is -0.143. The first-order valence-electron chi connectivity index (χ1n) is 10.1. The molecular weight excluding hydrogens is 399 g/mol. The van der Waals surface area contributed by atoms with Crippen LogP contribution in [0.25, 0.3) is 11.1 Å². The van der Waals surface area contributed by atoms with Gasteiger partial charge in [-0.25, -0.2) is 9.18 Å². The summed E-state index contributed by atoms with van der Waals surface area (Å²) in [5.41, 5.74) is 1.49. The predicted octanol–water partition coefficient (Wildman–Crippen LogP) is 5.85. The largest absolute Gasteiger partial charge is 0.423 e. The lowest BCUT2D eigenvalue weighted by atomic mass is 9.97. The first-order valence-corrected chi connectivity index (χ1v) is 10.1. The second-order valence-electron chi connectivity index (χ2n) is 8.33. The molecule has 0 aliphatic carbocycles. The van der Waals surface area contributed by atoms with E-state index in [0.29, 0.717) is 29.0 Å². The third kappa shape index (κ3) is 6.76. The van der Waals surface area contributed by atoms with E-state index in [2.05, 4.69) is 6.58 Å². The number of hydrogen-bond donors (Lipinski definition) is 0. The van der Waals surface area contributed by atoms with Gasteiger partial charge in [0.2, 0.25) is 0 Å². The zero-order valence-corrected chi connectivity index (χ0v) is 18.7. The highest BCUT2D eigenvalue weighted by molar-refractivity contribution is 5.89. The summed E-state index contributed by atoms with van der Waals surface area (Å²) in [6.07, 6.45) is 0.848. The average molecular weight is 429 g/mol. The van der Waals surface area contributed by atoms with Crippen molar-refractivity contribution in [1.29, 1.82) is 0 Å². The molecule has 5 nitrogen and oxygen atoms in total. The summed E-state index contributed by atoms with van der Waals surface area (Å²) in [7, 11) is 0. The van der Waals surface area contributed by atoms with Gasteiger partial charge in [0, 0.05) is 17.7 Å². The van der Waals surface area contributed by atoms with Gasteiger partial charge in [-0.2, -0.15) is 0 Å². The molecule has 2 rings (SSSR count). The molecule has 0 bridgehead atoms. The number of halogens is 1. The Morgan fingerprint density at radius 3 is 2.16 bits per heavy atom. The lowest BCUT2D eigenvalue weighted by Crippen LogP contribution is -2.25. The van der Waals surface area contributed by atoms with Crippen LogP contribution in [-0.2, 0) is 20.9 Å². The first kappa shape index (κ1) is 24.3. The molecule has 0 spiro atoms. The van der Waals surface area contributed by atoms with Crippen molar-refractivity contribution >= 4 is 11.9 Å².